The van der Waals surface area contributed by atoms with Crippen molar-refractivity contribution < 1.29 is 5.11 Å². The Morgan fingerprint density at radius 3 is 2.83 bits per heavy atom. The van der Waals surface area contributed by atoms with Gasteiger partial charge in [-0.2, -0.15) is 0 Å². The molecule has 0 aliphatic carbocycles. The van der Waals surface area contributed by atoms with Crippen LogP contribution < -0.4 is 0 Å². The van der Waals surface area contributed by atoms with Crippen LogP contribution in [0.15, 0.2) is 5.38 Å². The number of nitrogens with zero attached hydrogens (tertiary/aromatic N) is 2. The summed E-state index contributed by atoms with van der Waals surface area (Å²) in [4.78, 5) is 6.11. The summed E-state index contributed by atoms with van der Waals surface area (Å²) in [5.41, 5.74) is 0. The number of hydrogen-bond acceptors (Lipinski definition) is 4. The normalized spacial score (nSPS) is 10.9. The molecule has 0 unspecified atom stereocenters. The smallest absolute Gasteiger partial charge is 0.222 e. The van der Waals surface area contributed by atoms with Crippen molar-refractivity contribution in [3.63, 3.8) is 0 Å². The fourth-order valence-corrected chi connectivity index (χ4v) is 1.67. The molecular formula is C8H14N2OS. The van der Waals surface area contributed by atoms with Crippen molar-refractivity contribution in [1.29, 1.82) is 0 Å². The van der Waals surface area contributed by atoms with Gasteiger partial charge < -0.3 is 10.0 Å². The third kappa shape index (κ3) is 3.19. The van der Waals surface area contributed by atoms with Crippen LogP contribution in [0.2, 0.25) is 0 Å². The summed E-state index contributed by atoms with van der Waals surface area (Å²) in [6.07, 6.45) is 2.06. The molecule has 68 valence electrons. The van der Waals surface area contributed by atoms with Gasteiger partial charge in [-0.15, -0.1) is 11.3 Å². The molecule has 1 heterocycles. The monoisotopic (exact) mass is 186 g/mol. The lowest BCUT2D eigenvalue weighted by Gasteiger charge is -2.06. The summed E-state index contributed by atoms with van der Waals surface area (Å²) in [5, 5.41) is 11.6. The van der Waals surface area contributed by atoms with E-state index in [1.54, 1.807) is 5.38 Å². The summed E-state index contributed by atoms with van der Waals surface area (Å²) < 4.78 is 0. The second kappa shape index (κ2) is 4.42. The van der Waals surface area contributed by atoms with E-state index in [1.807, 2.05) is 0 Å². The highest BCUT2D eigenvalue weighted by Crippen LogP contribution is 2.15. The molecule has 0 aliphatic heterocycles. The lowest BCUT2D eigenvalue weighted by Crippen LogP contribution is -2.13. The van der Waals surface area contributed by atoms with Crippen molar-refractivity contribution in [1.82, 2.24) is 9.88 Å². The standard InChI is InChI=1S/C8H14N2OS/c1-10(2)5-3-4-8-9-7(11)6-12-8/h6,11H,3-5H2,1-2H3. The Bertz CT molecular complexity index is 235. The van der Waals surface area contributed by atoms with Crippen molar-refractivity contribution in [3.8, 4) is 5.88 Å². The van der Waals surface area contributed by atoms with Crippen molar-refractivity contribution >= 4 is 11.3 Å². The average molecular weight is 186 g/mol. The van der Waals surface area contributed by atoms with Crippen LogP contribution in [0, 0.1) is 0 Å². The van der Waals surface area contributed by atoms with Gasteiger partial charge in [-0.05, 0) is 27.1 Å². The molecule has 4 heteroatoms. The Morgan fingerprint density at radius 1 is 1.58 bits per heavy atom. The van der Waals surface area contributed by atoms with Crippen molar-refractivity contribution in [3.05, 3.63) is 10.4 Å². The van der Waals surface area contributed by atoms with E-state index in [2.05, 4.69) is 24.0 Å². The minimum absolute atomic E-state index is 0.153. The van der Waals surface area contributed by atoms with Crippen LogP contribution >= 0.6 is 11.3 Å². The lowest BCUT2D eigenvalue weighted by molar-refractivity contribution is 0.399. The van der Waals surface area contributed by atoms with Gasteiger partial charge in [-0.1, -0.05) is 0 Å². The summed E-state index contributed by atoms with van der Waals surface area (Å²) >= 11 is 1.52. The number of hydrogen-bond donors (Lipinski definition) is 1. The van der Waals surface area contributed by atoms with Crippen molar-refractivity contribution in [2.24, 2.45) is 0 Å². The number of aryl methyl sites for hydroxylation is 1. The third-order valence-corrected chi connectivity index (χ3v) is 2.43. The highest BCUT2D eigenvalue weighted by atomic mass is 32.1. The molecule has 0 amide bonds. The van der Waals surface area contributed by atoms with Crippen LogP contribution in [-0.2, 0) is 6.42 Å². The fraction of sp³-hybridized carbons (Fsp3) is 0.625. The van der Waals surface area contributed by atoms with Crippen LogP contribution in [0.1, 0.15) is 11.4 Å². The molecule has 0 spiro atoms. The van der Waals surface area contributed by atoms with E-state index >= 15 is 0 Å². The second-order valence-electron chi connectivity index (χ2n) is 3.01. The largest absolute Gasteiger partial charge is 0.493 e. The molecule has 0 bridgehead atoms. The van der Waals surface area contributed by atoms with E-state index in [0.29, 0.717) is 0 Å². The van der Waals surface area contributed by atoms with Crippen molar-refractivity contribution in [2.45, 2.75) is 12.8 Å². The quantitative estimate of drug-likeness (QED) is 0.771. The van der Waals surface area contributed by atoms with E-state index < -0.39 is 0 Å². The number of aromatic hydroxyl groups is 1. The number of aromatic nitrogens is 1. The highest BCUT2D eigenvalue weighted by Gasteiger charge is 1.99. The van der Waals surface area contributed by atoms with E-state index in [0.717, 1.165) is 24.4 Å². The first-order valence-electron chi connectivity index (χ1n) is 3.96. The van der Waals surface area contributed by atoms with Gasteiger partial charge in [0.1, 0.15) is 0 Å². The number of rotatable bonds is 4. The maximum atomic E-state index is 8.95. The molecule has 1 aromatic heterocycles. The Labute approximate surface area is 76.7 Å². The Hall–Kier alpha value is -0.610. The van der Waals surface area contributed by atoms with Gasteiger partial charge in [0.25, 0.3) is 0 Å². The van der Waals surface area contributed by atoms with Crippen LogP contribution in [0.4, 0.5) is 0 Å². The van der Waals surface area contributed by atoms with Gasteiger partial charge in [-0.25, -0.2) is 4.98 Å². The van der Waals surface area contributed by atoms with Gasteiger partial charge in [0.15, 0.2) is 0 Å². The first-order chi connectivity index (χ1) is 5.68. The maximum Gasteiger partial charge on any atom is 0.222 e. The van der Waals surface area contributed by atoms with Gasteiger partial charge in [-0.3, -0.25) is 0 Å². The minimum atomic E-state index is 0.153. The molecule has 12 heavy (non-hydrogen) atoms. The first kappa shape index (κ1) is 9.48. The molecule has 0 radical (unpaired) electrons. The molecule has 0 aliphatic rings. The second-order valence-corrected chi connectivity index (χ2v) is 3.95. The van der Waals surface area contributed by atoms with Gasteiger partial charge in [0, 0.05) is 6.42 Å². The molecule has 3 nitrogen and oxygen atoms in total. The van der Waals surface area contributed by atoms with E-state index in [-0.39, 0.29) is 5.88 Å². The Morgan fingerprint density at radius 2 is 2.33 bits per heavy atom. The molecule has 0 aromatic carbocycles. The Kier molecular flexibility index (Phi) is 3.49. The first-order valence-corrected chi connectivity index (χ1v) is 4.84. The summed E-state index contributed by atoms with van der Waals surface area (Å²) in [6, 6.07) is 0. The Balaban J connectivity index is 2.24. The average Bonchev–Trinajstić information content (AvgIpc) is 2.35. The zero-order valence-electron chi connectivity index (χ0n) is 7.45. The maximum absolute atomic E-state index is 8.95. The molecule has 1 aromatic rings. The van der Waals surface area contributed by atoms with E-state index in [9.17, 15) is 0 Å². The minimum Gasteiger partial charge on any atom is -0.493 e. The van der Waals surface area contributed by atoms with E-state index in [4.69, 9.17) is 5.11 Å². The van der Waals surface area contributed by atoms with E-state index in [1.165, 1.54) is 11.3 Å². The number of thiazole rings is 1. The van der Waals surface area contributed by atoms with Gasteiger partial charge in [0.2, 0.25) is 5.88 Å². The van der Waals surface area contributed by atoms with Crippen LogP contribution in [0.25, 0.3) is 0 Å². The van der Waals surface area contributed by atoms with Crippen molar-refractivity contribution in [2.75, 3.05) is 20.6 Å². The van der Waals surface area contributed by atoms with Crippen LogP contribution in [0.5, 0.6) is 5.88 Å². The highest BCUT2D eigenvalue weighted by molar-refractivity contribution is 7.09. The summed E-state index contributed by atoms with van der Waals surface area (Å²) in [6.45, 7) is 1.07. The van der Waals surface area contributed by atoms with Crippen LogP contribution in [0.3, 0.4) is 0 Å². The molecular weight excluding hydrogens is 172 g/mol. The summed E-state index contributed by atoms with van der Waals surface area (Å²) in [5.74, 6) is 0.153. The fourth-order valence-electron chi connectivity index (χ4n) is 0.963. The molecule has 1 N–H and O–H groups in total. The van der Waals surface area contributed by atoms with Gasteiger partial charge >= 0.3 is 0 Å². The topological polar surface area (TPSA) is 36.4 Å². The molecule has 0 saturated carbocycles. The predicted octanol–water partition coefficient (Wildman–Crippen LogP) is 1.34. The van der Waals surface area contributed by atoms with Gasteiger partial charge in [0.05, 0.1) is 10.4 Å². The lowest BCUT2D eigenvalue weighted by atomic mass is 10.3. The molecule has 0 fully saturated rings. The third-order valence-electron chi connectivity index (χ3n) is 1.54. The SMILES string of the molecule is CN(C)CCCc1nc(O)cs1. The zero-order valence-corrected chi connectivity index (χ0v) is 8.27. The molecule has 1 rings (SSSR count). The predicted molar refractivity (Wildman–Crippen MR) is 50.7 cm³/mol. The molecule has 0 atom stereocenters. The zero-order chi connectivity index (χ0) is 8.97. The summed E-state index contributed by atoms with van der Waals surface area (Å²) in [7, 11) is 4.11. The van der Waals surface area contributed by atoms with Crippen LogP contribution in [-0.4, -0.2) is 35.6 Å². The molecule has 0 saturated heterocycles.